The highest BCUT2D eigenvalue weighted by molar-refractivity contribution is 5.63. The van der Waals surface area contributed by atoms with Crippen molar-refractivity contribution in [3.63, 3.8) is 0 Å². The van der Waals surface area contributed by atoms with Crippen LogP contribution in [-0.4, -0.2) is 29.2 Å². The largest absolute Gasteiger partial charge is 0.481 e. The molecule has 0 unspecified atom stereocenters. The molecular formula is C11H12N4O3. The van der Waals surface area contributed by atoms with E-state index in [9.17, 15) is 4.79 Å². The van der Waals surface area contributed by atoms with Crippen molar-refractivity contribution in [2.24, 2.45) is 0 Å². The van der Waals surface area contributed by atoms with Crippen molar-refractivity contribution in [1.29, 1.82) is 0 Å². The van der Waals surface area contributed by atoms with Crippen molar-refractivity contribution < 1.29 is 9.47 Å². The van der Waals surface area contributed by atoms with Crippen LogP contribution in [0.1, 0.15) is 0 Å². The van der Waals surface area contributed by atoms with Crippen molar-refractivity contribution in [1.82, 2.24) is 15.0 Å². The minimum atomic E-state index is -0.341. The number of nitrogens with zero attached hydrogens (tertiary/aromatic N) is 2. The molecule has 18 heavy (non-hydrogen) atoms. The summed E-state index contributed by atoms with van der Waals surface area (Å²) in [6, 6.07) is 3.32. The maximum atomic E-state index is 11.2. The van der Waals surface area contributed by atoms with E-state index in [1.165, 1.54) is 26.5 Å². The van der Waals surface area contributed by atoms with Crippen LogP contribution in [-0.2, 0) is 0 Å². The molecule has 3 N–H and O–H groups in total. The smallest absolute Gasteiger partial charge is 0.320 e. The number of nitrogen functional groups attached to an aromatic ring is 1. The third-order valence-corrected chi connectivity index (χ3v) is 2.30. The number of H-pyrrole nitrogens is 1. The summed E-state index contributed by atoms with van der Waals surface area (Å²) in [5.74, 6) is 0.363. The fourth-order valence-corrected chi connectivity index (χ4v) is 1.40. The van der Waals surface area contributed by atoms with E-state index in [2.05, 4.69) is 15.0 Å². The number of nitrogens with one attached hydrogen (secondary N) is 1. The molecule has 0 atom stereocenters. The summed E-state index contributed by atoms with van der Waals surface area (Å²) < 4.78 is 10.0. The third-order valence-electron chi connectivity index (χ3n) is 2.30. The molecule has 0 aliphatic carbocycles. The first-order chi connectivity index (χ1) is 8.63. The molecule has 0 fully saturated rings. The standard InChI is InChI=1S/C11H12N4O3/c1-17-9-4-8(14-11(15-9)18-2)6-3-7(12)10(16)13-5-6/h3-5H,12H2,1-2H3,(H,13,16). The Kier molecular flexibility index (Phi) is 3.13. The zero-order valence-electron chi connectivity index (χ0n) is 9.93. The number of ether oxygens (including phenoxy) is 2. The normalized spacial score (nSPS) is 10.1. The van der Waals surface area contributed by atoms with Crippen molar-refractivity contribution in [2.75, 3.05) is 20.0 Å². The lowest BCUT2D eigenvalue weighted by atomic mass is 10.2. The average Bonchev–Trinajstić information content (AvgIpc) is 2.41. The number of pyridine rings is 1. The van der Waals surface area contributed by atoms with Crippen LogP contribution in [0.5, 0.6) is 11.9 Å². The van der Waals surface area contributed by atoms with Gasteiger partial charge in [-0.25, -0.2) is 0 Å². The van der Waals surface area contributed by atoms with Gasteiger partial charge in [0.25, 0.3) is 5.56 Å². The lowest BCUT2D eigenvalue weighted by Gasteiger charge is -2.06. The van der Waals surface area contributed by atoms with E-state index in [0.717, 1.165) is 0 Å². The number of nitrogens with two attached hydrogens (primary N) is 1. The Balaban J connectivity index is 2.55. The molecule has 7 nitrogen and oxygen atoms in total. The Hall–Kier alpha value is -2.57. The number of hydrogen-bond donors (Lipinski definition) is 2. The number of methoxy groups -OCH3 is 2. The summed E-state index contributed by atoms with van der Waals surface area (Å²) in [5, 5.41) is 0. The first-order valence-electron chi connectivity index (χ1n) is 5.09. The van der Waals surface area contributed by atoms with E-state index in [1.54, 1.807) is 6.07 Å². The number of aromatic nitrogens is 3. The van der Waals surface area contributed by atoms with Gasteiger partial charge in [0.05, 0.1) is 25.6 Å². The van der Waals surface area contributed by atoms with Crippen LogP contribution in [0.2, 0.25) is 0 Å². The molecule has 0 bridgehead atoms. The molecule has 7 heteroatoms. The highest BCUT2D eigenvalue weighted by Crippen LogP contribution is 2.22. The Labute approximate surface area is 103 Å². The predicted molar refractivity (Wildman–Crippen MR) is 65.6 cm³/mol. The van der Waals surface area contributed by atoms with Crippen molar-refractivity contribution in [2.45, 2.75) is 0 Å². The molecule has 0 aliphatic rings. The number of hydrogen-bond acceptors (Lipinski definition) is 6. The average molecular weight is 248 g/mol. The molecule has 0 saturated carbocycles. The molecule has 2 aromatic rings. The Bertz CT molecular complexity index is 602. The molecule has 0 aliphatic heterocycles. The van der Waals surface area contributed by atoms with Crippen LogP contribution >= 0.6 is 0 Å². The topological polar surface area (TPSA) is 103 Å². The number of anilines is 1. The summed E-state index contributed by atoms with van der Waals surface area (Å²) in [6.07, 6.45) is 1.51. The van der Waals surface area contributed by atoms with Gasteiger partial charge in [0, 0.05) is 17.8 Å². The van der Waals surface area contributed by atoms with Gasteiger partial charge >= 0.3 is 6.01 Å². The van der Waals surface area contributed by atoms with Crippen molar-refractivity contribution in [3.8, 4) is 23.1 Å². The molecule has 94 valence electrons. The van der Waals surface area contributed by atoms with Crippen LogP contribution in [0.15, 0.2) is 23.1 Å². The van der Waals surface area contributed by atoms with E-state index in [-0.39, 0.29) is 17.3 Å². The van der Waals surface area contributed by atoms with Crippen molar-refractivity contribution in [3.05, 3.63) is 28.7 Å². The summed E-state index contributed by atoms with van der Waals surface area (Å²) >= 11 is 0. The van der Waals surface area contributed by atoms with E-state index < -0.39 is 0 Å². The van der Waals surface area contributed by atoms with Gasteiger partial charge in [-0.15, -0.1) is 0 Å². The van der Waals surface area contributed by atoms with Gasteiger partial charge in [-0.3, -0.25) is 4.79 Å². The van der Waals surface area contributed by atoms with Gasteiger partial charge in [-0.2, -0.15) is 9.97 Å². The van der Waals surface area contributed by atoms with E-state index >= 15 is 0 Å². The first kappa shape index (κ1) is 11.9. The second kappa shape index (κ2) is 4.74. The summed E-state index contributed by atoms with van der Waals surface area (Å²) in [7, 11) is 2.95. The van der Waals surface area contributed by atoms with Crippen LogP contribution in [0.4, 0.5) is 5.69 Å². The first-order valence-corrected chi connectivity index (χ1v) is 5.09. The highest BCUT2D eigenvalue weighted by atomic mass is 16.5. The molecule has 2 rings (SSSR count). The fourth-order valence-electron chi connectivity index (χ4n) is 1.40. The van der Waals surface area contributed by atoms with E-state index in [1.807, 2.05) is 0 Å². The summed E-state index contributed by atoms with van der Waals surface area (Å²) in [4.78, 5) is 21.8. The quantitative estimate of drug-likeness (QED) is 0.816. The van der Waals surface area contributed by atoms with Gasteiger partial charge in [0.2, 0.25) is 5.88 Å². The Morgan fingerprint density at radius 1 is 1.22 bits per heavy atom. The lowest BCUT2D eigenvalue weighted by molar-refractivity contribution is 0.353. The minimum absolute atomic E-state index is 0.115. The molecular weight excluding hydrogens is 236 g/mol. The molecule has 2 heterocycles. The molecule has 0 spiro atoms. The maximum Gasteiger partial charge on any atom is 0.320 e. The Morgan fingerprint density at radius 2 is 2.00 bits per heavy atom. The van der Waals surface area contributed by atoms with Gasteiger partial charge < -0.3 is 20.2 Å². The minimum Gasteiger partial charge on any atom is -0.481 e. The van der Waals surface area contributed by atoms with Crippen molar-refractivity contribution >= 4 is 5.69 Å². The second-order valence-electron chi connectivity index (χ2n) is 3.46. The van der Waals surface area contributed by atoms with Gasteiger partial charge in [0.15, 0.2) is 0 Å². The lowest BCUT2D eigenvalue weighted by Crippen LogP contribution is -2.10. The third kappa shape index (κ3) is 2.24. The van der Waals surface area contributed by atoms with Crippen LogP contribution < -0.4 is 20.8 Å². The zero-order chi connectivity index (χ0) is 13.1. The van der Waals surface area contributed by atoms with Gasteiger partial charge in [-0.1, -0.05) is 0 Å². The fraction of sp³-hybridized carbons (Fsp3) is 0.182. The molecule has 0 aromatic carbocycles. The van der Waals surface area contributed by atoms with Crippen LogP contribution in [0, 0.1) is 0 Å². The predicted octanol–water partition coefficient (Wildman–Crippen LogP) is 0.431. The number of aromatic amines is 1. The molecule has 0 amide bonds. The molecule has 2 aromatic heterocycles. The zero-order valence-corrected chi connectivity index (χ0v) is 9.93. The summed E-state index contributed by atoms with van der Waals surface area (Å²) in [6.45, 7) is 0. The van der Waals surface area contributed by atoms with Crippen LogP contribution in [0.3, 0.4) is 0 Å². The molecule has 0 saturated heterocycles. The SMILES string of the molecule is COc1cc(-c2c[nH]c(=O)c(N)c2)nc(OC)n1. The second-order valence-corrected chi connectivity index (χ2v) is 3.46. The number of rotatable bonds is 3. The van der Waals surface area contributed by atoms with Crippen LogP contribution in [0.25, 0.3) is 11.3 Å². The monoisotopic (exact) mass is 248 g/mol. The maximum absolute atomic E-state index is 11.2. The summed E-state index contributed by atoms with van der Waals surface area (Å²) in [5.41, 5.74) is 6.51. The van der Waals surface area contributed by atoms with E-state index in [4.69, 9.17) is 15.2 Å². The van der Waals surface area contributed by atoms with Gasteiger partial charge in [0.1, 0.15) is 0 Å². The highest BCUT2D eigenvalue weighted by Gasteiger charge is 2.08. The molecule has 0 radical (unpaired) electrons. The van der Waals surface area contributed by atoms with E-state index in [0.29, 0.717) is 17.1 Å². The van der Waals surface area contributed by atoms with Gasteiger partial charge in [-0.05, 0) is 6.07 Å². The Morgan fingerprint density at radius 3 is 2.61 bits per heavy atom.